The van der Waals surface area contributed by atoms with Crippen LogP contribution in [0.15, 0.2) is 84.0 Å². The van der Waals surface area contributed by atoms with E-state index in [1.807, 2.05) is 36.4 Å². The van der Waals surface area contributed by atoms with Gasteiger partial charge in [-0.1, -0.05) is 54.2 Å². The molecule has 1 aliphatic rings. The fourth-order valence-corrected chi connectivity index (χ4v) is 5.34. The number of benzene rings is 3. The van der Waals surface area contributed by atoms with Crippen LogP contribution < -0.4 is 10.2 Å². The summed E-state index contributed by atoms with van der Waals surface area (Å²) in [6.45, 7) is 3.06. The molecule has 1 aliphatic heterocycles. The van der Waals surface area contributed by atoms with Crippen LogP contribution in [-0.2, 0) is 17.8 Å². The highest BCUT2D eigenvalue weighted by Gasteiger charge is 2.14. The summed E-state index contributed by atoms with van der Waals surface area (Å²) in [5, 5.41) is 3.92. The van der Waals surface area contributed by atoms with Gasteiger partial charge in [0.1, 0.15) is 0 Å². The molecule has 3 aromatic carbocycles. The Balaban J connectivity index is 0.00000289. The summed E-state index contributed by atoms with van der Waals surface area (Å²) in [6, 6.07) is 26.9. The van der Waals surface area contributed by atoms with Crippen LogP contribution in [0, 0.1) is 0 Å². The summed E-state index contributed by atoms with van der Waals surface area (Å²) in [4.78, 5) is 19.9. The van der Waals surface area contributed by atoms with Gasteiger partial charge in [-0.25, -0.2) is 4.98 Å². The number of thioether (sulfide) groups is 1. The number of anilines is 2. The molecule has 0 atom stereocenters. The minimum Gasteiger partial charge on any atom is -0.372 e. The molecule has 0 saturated carbocycles. The molecule has 5 nitrogen and oxygen atoms in total. The fraction of sp³-hybridized carbons (Fsp3) is 0.286. The molecular weight excluding hydrogens is 476 g/mol. The zero-order valence-corrected chi connectivity index (χ0v) is 21.4. The zero-order chi connectivity index (χ0) is 23.2. The lowest BCUT2D eigenvalue weighted by Crippen LogP contribution is -2.29. The Bertz CT molecular complexity index is 1240. The maximum atomic E-state index is 12.7. The predicted molar refractivity (Wildman–Crippen MR) is 149 cm³/mol. The van der Waals surface area contributed by atoms with E-state index in [2.05, 4.69) is 57.2 Å². The number of carbonyl (C=O) groups is 1. The average Bonchev–Trinajstić information content (AvgIpc) is 3.25. The van der Waals surface area contributed by atoms with Gasteiger partial charge in [0.2, 0.25) is 5.91 Å². The van der Waals surface area contributed by atoms with Gasteiger partial charge >= 0.3 is 0 Å². The maximum Gasteiger partial charge on any atom is 0.234 e. The van der Waals surface area contributed by atoms with Crippen molar-refractivity contribution in [2.45, 2.75) is 37.4 Å². The van der Waals surface area contributed by atoms with Gasteiger partial charge in [-0.2, -0.15) is 0 Å². The number of hydrogen-bond acceptors (Lipinski definition) is 4. The van der Waals surface area contributed by atoms with Crippen LogP contribution in [0.3, 0.4) is 0 Å². The molecule has 35 heavy (non-hydrogen) atoms. The molecule has 1 amide bonds. The lowest BCUT2D eigenvalue weighted by atomic mass is 10.1. The van der Waals surface area contributed by atoms with Gasteiger partial charge in [0.05, 0.1) is 16.8 Å². The lowest BCUT2D eigenvalue weighted by Gasteiger charge is -2.28. The number of nitrogens with zero attached hydrogens (tertiary/aromatic N) is 3. The molecule has 5 rings (SSSR count). The number of aryl methyl sites for hydroxylation is 2. The molecule has 1 saturated heterocycles. The number of rotatable bonds is 8. The molecule has 0 bridgehead atoms. The van der Waals surface area contributed by atoms with Crippen LogP contribution in [-0.4, -0.2) is 34.3 Å². The van der Waals surface area contributed by atoms with Crippen LogP contribution >= 0.6 is 24.2 Å². The van der Waals surface area contributed by atoms with Gasteiger partial charge in [-0.3, -0.25) is 4.79 Å². The van der Waals surface area contributed by atoms with E-state index in [1.54, 1.807) is 0 Å². The lowest BCUT2D eigenvalue weighted by molar-refractivity contribution is -0.113. The number of imidazole rings is 1. The normalized spacial score (nSPS) is 13.4. The van der Waals surface area contributed by atoms with Crippen LogP contribution in [0.1, 0.15) is 24.8 Å². The number of halogens is 1. The smallest absolute Gasteiger partial charge is 0.234 e. The van der Waals surface area contributed by atoms with E-state index in [4.69, 9.17) is 4.98 Å². The zero-order valence-electron chi connectivity index (χ0n) is 19.7. The number of amides is 1. The Kier molecular flexibility index (Phi) is 8.72. The second-order valence-corrected chi connectivity index (χ2v) is 9.64. The number of carbonyl (C=O) groups excluding carboxylic acids is 1. The van der Waals surface area contributed by atoms with Crippen molar-refractivity contribution in [2.24, 2.45) is 0 Å². The summed E-state index contributed by atoms with van der Waals surface area (Å²) in [5.74, 6) is 0.306. The second kappa shape index (κ2) is 12.1. The first-order valence-electron chi connectivity index (χ1n) is 12.0. The molecule has 0 unspecified atom stereocenters. The van der Waals surface area contributed by atoms with Crippen molar-refractivity contribution in [3.63, 3.8) is 0 Å². The Hall–Kier alpha value is -2.96. The van der Waals surface area contributed by atoms with Gasteiger partial charge in [0.25, 0.3) is 0 Å². The van der Waals surface area contributed by atoms with Crippen molar-refractivity contribution in [1.82, 2.24) is 9.55 Å². The Morgan fingerprint density at radius 3 is 2.37 bits per heavy atom. The molecule has 7 heteroatoms. The number of para-hydroxylation sites is 2. The second-order valence-electron chi connectivity index (χ2n) is 8.70. The number of aromatic nitrogens is 2. The molecule has 0 radical (unpaired) electrons. The number of nitrogens with one attached hydrogen (secondary N) is 1. The fourth-order valence-electron chi connectivity index (χ4n) is 4.50. The Labute approximate surface area is 217 Å². The maximum absolute atomic E-state index is 12.7. The Morgan fingerprint density at radius 2 is 1.60 bits per heavy atom. The molecule has 1 fully saturated rings. The van der Waals surface area contributed by atoms with Crippen LogP contribution in [0.25, 0.3) is 11.0 Å². The van der Waals surface area contributed by atoms with Crippen molar-refractivity contribution in [3.8, 4) is 0 Å². The van der Waals surface area contributed by atoms with Crippen molar-refractivity contribution >= 4 is 52.5 Å². The largest absolute Gasteiger partial charge is 0.372 e. The summed E-state index contributed by atoms with van der Waals surface area (Å²) in [5.41, 5.74) is 5.44. The highest BCUT2D eigenvalue weighted by molar-refractivity contribution is 7.99. The van der Waals surface area contributed by atoms with E-state index >= 15 is 0 Å². The van der Waals surface area contributed by atoms with Crippen molar-refractivity contribution in [2.75, 3.05) is 29.1 Å². The first-order chi connectivity index (χ1) is 16.8. The highest BCUT2D eigenvalue weighted by atomic mass is 35.5. The number of piperidine rings is 1. The summed E-state index contributed by atoms with van der Waals surface area (Å²) >= 11 is 1.49. The van der Waals surface area contributed by atoms with E-state index in [9.17, 15) is 4.79 Å². The third kappa shape index (κ3) is 6.38. The van der Waals surface area contributed by atoms with Gasteiger partial charge in [-0.05, 0) is 67.6 Å². The van der Waals surface area contributed by atoms with Gasteiger partial charge < -0.3 is 14.8 Å². The summed E-state index contributed by atoms with van der Waals surface area (Å²) in [7, 11) is 0. The Morgan fingerprint density at radius 1 is 0.886 bits per heavy atom. The third-order valence-corrected chi connectivity index (χ3v) is 7.27. The standard InChI is InChI=1S/C28H30N4OS.ClH/c33-27(29-23-13-15-24(16-14-23)31-18-7-2-8-19-31)21-34-28-30-25-11-5-6-12-26(25)32(28)20-17-22-9-3-1-4-10-22;/h1,3-6,9-16H,2,7-8,17-21H2,(H,29,33);1H. The van der Waals surface area contributed by atoms with Crippen molar-refractivity contribution in [1.29, 1.82) is 0 Å². The summed E-state index contributed by atoms with van der Waals surface area (Å²) in [6.07, 6.45) is 4.75. The highest BCUT2D eigenvalue weighted by Crippen LogP contribution is 2.26. The van der Waals surface area contributed by atoms with Gasteiger partial charge in [-0.15, -0.1) is 12.4 Å². The molecule has 1 aromatic heterocycles. The van der Waals surface area contributed by atoms with Crippen molar-refractivity contribution < 1.29 is 4.79 Å². The summed E-state index contributed by atoms with van der Waals surface area (Å²) < 4.78 is 2.23. The van der Waals surface area contributed by atoms with E-state index in [0.717, 1.165) is 47.9 Å². The van der Waals surface area contributed by atoms with Gasteiger partial charge in [0.15, 0.2) is 5.16 Å². The topological polar surface area (TPSA) is 50.2 Å². The molecule has 182 valence electrons. The molecule has 1 N–H and O–H groups in total. The van der Waals surface area contributed by atoms with Crippen LogP contribution in [0.5, 0.6) is 0 Å². The monoisotopic (exact) mass is 506 g/mol. The predicted octanol–water partition coefficient (Wildman–Crippen LogP) is 6.42. The van der Waals surface area contributed by atoms with Crippen molar-refractivity contribution in [3.05, 3.63) is 84.4 Å². The van der Waals surface area contributed by atoms with Crippen LogP contribution in [0.4, 0.5) is 11.4 Å². The number of fused-ring (bicyclic) bond motifs is 1. The quantitative estimate of drug-likeness (QED) is 0.280. The molecule has 4 aromatic rings. The molecule has 2 heterocycles. The molecular formula is C28H31ClN4OS. The average molecular weight is 507 g/mol. The van der Waals surface area contributed by atoms with E-state index in [-0.39, 0.29) is 18.3 Å². The SMILES string of the molecule is Cl.O=C(CSc1nc2ccccc2n1CCc1ccccc1)Nc1ccc(N2CCCCC2)cc1. The number of hydrogen-bond donors (Lipinski definition) is 1. The first-order valence-corrected chi connectivity index (χ1v) is 13.0. The first kappa shape index (κ1) is 25.1. The van der Waals surface area contributed by atoms with Crippen LogP contribution in [0.2, 0.25) is 0 Å². The third-order valence-electron chi connectivity index (χ3n) is 6.29. The molecule has 0 aliphatic carbocycles. The molecule has 0 spiro atoms. The minimum atomic E-state index is -0.0163. The van der Waals surface area contributed by atoms with E-state index in [0.29, 0.717) is 5.75 Å². The minimum absolute atomic E-state index is 0. The van der Waals surface area contributed by atoms with E-state index < -0.39 is 0 Å². The van der Waals surface area contributed by atoms with E-state index in [1.165, 1.54) is 42.3 Å². The van der Waals surface area contributed by atoms with Gasteiger partial charge in [0, 0.05) is 31.0 Å².